The lowest BCUT2D eigenvalue weighted by atomic mass is 10.1. The fraction of sp³-hybridized carbons (Fsp3) is 0.100. The first kappa shape index (κ1) is 8.51. The summed E-state index contributed by atoms with van der Waals surface area (Å²) in [5, 5.41) is 0.731. The molecule has 0 atom stereocenters. The van der Waals surface area contributed by atoms with Crippen molar-refractivity contribution in [1.29, 1.82) is 0 Å². The third-order valence-corrected chi connectivity index (χ3v) is 2.58. The minimum absolute atomic E-state index is 0.0393. The molecule has 2 nitrogen and oxygen atoms in total. The Labute approximate surface area is 83.7 Å². The van der Waals surface area contributed by atoms with Crippen molar-refractivity contribution < 1.29 is 0 Å². The molecule has 3 heteroatoms. The second-order valence-corrected chi connectivity index (χ2v) is 3.87. The molecule has 1 N–H and O–H groups in total. The maximum Gasteiger partial charge on any atom is 0.203 e. The highest BCUT2D eigenvalue weighted by Crippen LogP contribution is 2.12. The maximum atomic E-state index is 11.6. The average molecular weight is 238 g/mol. The zero-order valence-electron chi connectivity index (χ0n) is 7.10. The minimum Gasteiger partial charge on any atom is -0.360 e. The number of aromatic nitrogens is 1. The second kappa shape index (κ2) is 3.00. The van der Waals surface area contributed by atoms with Crippen LogP contribution in [0.2, 0.25) is 0 Å². The van der Waals surface area contributed by atoms with Crippen LogP contribution in [0.4, 0.5) is 0 Å². The van der Waals surface area contributed by atoms with Crippen molar-refractivity contribution in [1.82, 2.24) is 4.98 Å². The number of aromatic amines is 1. The average Bonchev–Trinajstić information content (AvgIpc) is 2.12. The van der Waals surface area contributed by atoms with Gasteiger partial charge in [-0.15, -0.1) is 0 Å². The highest BCUT2D eigenvalue weighted by atomic mass is 79.9. The lowest BCUT2D eigenvalue weighted by Crippen LogP contribution is -2.03. The molecular formula is C10H8BrNO. The number of halogens is 1. The number of H-pyrrole nitrogens is 1. The summed E-state index contributed by atoms with van der Waals surface area (Å²) in [6, 6.07) is 5.78. The summed E-state index contributed by atoms with van der Waals surface area (Å²) < 4.78 is 0.575. The Balaban J connectivity index is 2.97. The molecule has 1 aromatic carbocycles. The SMILES string of the molecule is Cc1ccc2[nH]cc(Br)c(=O)c2c1. The topological polar surface area (TPSA) is 32.9 Å². The number of fused-ring (bicyclic) bond motifs is 1. The van der Waals surface area contributed by atoms with Gasteiger partial charge in [0.2, 0.25) is 5.43 Å². The zero-order chi connectivity index (χ0) is 9.42. The van der Waals surface area contributed by atoms with Crippen molar-refractivity contribution in [2.45, 2.75) is 6.92 Å². The Morgan fingerprint density at radius 1 is 1.38 bits per heavy atom. The van der Waals surface area contributed by atoms with E-state index in [1.165, 1.54) is 0 Å². The summed E-state index contributed by atoms with van der Waals surface area (Å²) in [7, 11) is 0. The van der Waals surface area contributed by atoms with Gasteiger partial charge in [0.15, 0.2) is 0 Å². The van der Waals surface area contributed by atoms with Gasteiger partial charge >= 0.3 is 0 Å². The van der Waals surface area contributed by atoms with Gasteiger partial charge in [0.25, 0.3) is 0 Å². The van der Waals surface area contributed by atoms with Crippen LogP contribution in [0.3, 0.4) is 0 Å². The van der Waals surface area contributed by atoms with E-state index in [0.29, 0.717) is 4.47 Å². The molecule has 2 rings (SSSR count). The van der Waals surface area contributed by atoms with Gasteiger partial charge in [0.1, 0.15) is 0 Å². The molecule has 0 saturated heterocycles. The third kappa shape index (κ3) is 1.40. The largest absolute Gasteiger partial charge is 0.360 e. The van der Waals surface area contributed by atoms with Gasteiger partial charge in [-0.2, -0.15) is 0 Å². The molecule has 0 fully saturated rings. The molecular weight excluding hydrogens is 230 g/mol. The first-order valence-electron chi connectivity index (χ1n) is 3.96. The monoisotopic (exact) mass is 237 g/mol. The number of benzene rings is 1. The van der Waals surface area contributed by atoms with Gasteiger partial charge in [-0.3, -0.25) is 4.79 Å². The summed E-state index contributed by atoms with van der Waals surface area (Å²) >= 11 is 3.20. The van der Waals surface area contributed by atoms with Crippen LogP contribution in [-0.4, -0.2) is 4.98 Å². The molecule has 0 radical (unpaired) electrons. The first-order chi connectivity index (χ1) is 6.18. The summed E-state index contributed by atoms with van der Waals surface area (Å²) in [4.78, 5) is 14.7. The van der Waals surface area contributed by atoms with Crippen LogP contribution in [0.25, 0.3) is 10.9 Å². The summed E-state index contributed by atoms with van der Waals surface area (Å²) in [6.07, 6.45) is 1.67. The van der Waals surface area contributed by atoms with Crippen molar-refractivity contribution >= 4 is 26.8 Å². The Morgan fingerprint density at radius 2 is 2.15 bits per heavy atom. The number of pyridine rings is 1. The first-order valence-corrected chi connectivity index (χ1v) is 4.75. The predicted octanol–water partition coefficient (Wildman–Crippen LogP) is 2.60. The van der Waals surface area contributed by atoms with Crippen LogP contribution >= 0.6 is 15.9 Å². The molecule has 0 aliphatic heterocycles. The highest BCUT2D eigenvalue weighted by Gasteiger charge is 2.01. The summed E-state index contributed by atoms with van der Waals surface area (Å²) in [5.74, 6) is 0. The van der Waals surface area contributed by atoms with Crippen LogP contribution in [0, 0.1) is 6.92 Å². The van der Waals surface area contributed by atoms with Crippen LogP contribution in [0.1, 0.15) is 5.56 Å². The smallest absolute Gasteiger partial charge is 0.203 e. The molecule has 0 amide bonds. The van der Waals surface area contributed by atoms with E-state index in [9.17, 15) is 4.79 Å². The molecule has 0 aliphatic rings. The van der Waals surface area contributed by atoms with Gasteiger partial charge in [-0.25, -0.2) is 0 Å². The fourth-order valence-electron chi connectivity index (χ4n) is 1.31. The lowest BCUT2D eigenvalue weighted by Gasteiger charge is -1.99. The van der Waals surface area contributed by atoms with Crippen molar-refractivity contribution in [3.63, 3.8) is 0 Å². The van der Waals surface area contributed by atoms with E-state index in [4.69, 9.17) is 0 Å². The summed E-state index contributed by atoms with van der Waals surface area (Å²) in [6.45, 7) is 1.97. The predicted molar refractivity (Wildman–Crippen MR) is 57.0 cm³/mol. The van der Waals surface area contributed by atoms with Gasteiger partial charge in [0.05, 0.1) is 4.47 Å². The van der Waals surface area contributed by atoms with E-state index in [2.05, 4.69) is 20.9 Å². The lowest BCUT2D eigenvalue weighted by molar-refractivity contribution is 1.35. The number of aryl methyl sites for hydroxylation is 1. The number of hydrogen-bond donors (Lipinski definition) is 1. The molecule has 1 heterocycles. The van der Waals surface area contributed by atoms with Gasteiger partial charge in [-0.05, 0) is 35.0 Å². The van der Waals surface area contributed by atoms with Gasteiger partial charge in [-0.1, -0.05) is 11.6 Å². The number of hydrogen-bond acceptors (Lipinski definition) is 1. The third-order valence-electron chi connectivity index (χ3n) is 1.99. The quantitative estimate of drug-likeness (QED) is 0.751. The number of nitrogens with one attached hydrogen (secondary N) is 1. The zero-order valence-corrected chi connectivity index (χ0v) is 8.68. The van der Waals surface area contributed by atoms with Crippen LogP contribution in [-0.2, 0) is 0 Å². The van der Waals surface area contributed by atoms with Crippen LogP contribution in [0.15, 0.2) is 33.7 Å². The van der Waals surface area contributed by atoms with Crippen molar-refractivity contribution in [3.8, 4) is 0 Å². The molecule has 0 spiro atoms. The van der Waals surface area contributed by atoms with E-state index in [-0.39, 0.29) is 5.43 Å². The molecule has 0 bridgehead atoms. The van der Waals surface area contributed by atoms with E-state index in [1.54, 1.807) is 6.20 Å². The minimum atomic E-state index is 0.0393. The van der Waals surface area contributed by atoms with Crippen LogP contribution < -0.4 is 5.43 Å². The molecule has 66 valence electrons. The number of rotatable bonds is 0. The van der Waals surface area contributed by atoms with Crippen molar-refractivity contribution in [2.24, 2.45) is 0 Å². The van der Waals surface area contributed by atoms with Crippen LogP contribution in [0.5, 0.6) is 0 Å². The fourth-order valence-corrected chi connectivity index (χ4v) is 1.64. The molecule has 0 saturated carbocycles. The molecule has 13 heavy (non-hydrogen) atoms. The van der Waals surface area contributed by atoms with Crippen molar-refractivity contribution in [3.05, 3.63) is 44.7 Å². The Hall–Kier alpha value is -1.09. The maximum absolute atomic E-state index is 11.6. The molecule has 2 aromatic rings. The van der Waals surface area contributed by atoms with E-state index < -0.39 is 0 Å². The standard InChI is InChI=1S/C10H8BrNO/c1-6-2-3-9-7(4-6)10(13)8(11)5-12-9/h2-5H,1H3,(H,12,13). The summed E-state index contributed by atoms with van der Waals surface area (Å²) in [5.41, 5.74) is 2.01. The molecule has 1 aromatic heterocycles. The Morgan fingerprint density at radius 3 is 2.92 bits per heavy atom. The second-order valence-electron chi connectivity index (χ2n) is 3.01. The van der Waals surface area contributed by atoms with E-state index in [0.717, 1.165) is 16.5 Å². The molecule has 0 aliphatic carbocycles. The van der Waals surface area contributed by atoms with E-state index >= 15 is 0 Å². The van der Waals surface area contributed by atoms with Gasteiger partial charge < -0.3 is 4.98 Å². The van der Waals surface area contributed by atoms with Crippen molar-refractivity contribution in [2.75, 3.05) is 0 Å². The Kier molecular flexibility index (Phi) is 1.96. The highest BCUT2D eigenvalue weighted by molar-refractivity contribution is 9.10. The van der Waals surface area contributed by atoms with E-state index in [1.807, 2.05) is 25.1 Å². The Bertz CT molecular complexity index is 511. The molecule has 0 unspecified atom stereocenters. The normalized spacial score (nSPS) is 10.6. The van der Waals surface area contributed by atoms with Gasteiger partial charge in [0, 0.05) is 17.1 Å².